The molecule has 2 rings (SSSR count). The molecule has 6 heteroatoms. The highest BCUT2D eigenvalue weighted by Gasteiger charge is 2.31. The van der Waals surface area contributed by atoms with Gasteiger partial charge in [0.1, 0.15) is 0 Å². The van der Waals surface area contributed by atoms with E-state index in [9.17, 15) is 9.59 Å². The van der Waals surface area contributed by atoms with Crippen LogP contribution in [-0.4, -0.2) is 66.2 Å². The fourth-order valence-corrected chi connectivity index (χ4v) is 3.18. The molecule has 0 aromatic carbocycles. The number of likely N-dealkylation sites (tertiary alicyclic amines) is 2. The van der Waals surface area contributed by atoms with Crippen LogP contribution in [0.3, 0.4) is 0 Å². The second-order valence-electron chi connectivity index (χ2n) is 6.21. The fourth-order valence-electron chi connectivity index (χ4n) is 3.18. The van der Waals surface area contributed by atoms with E-state index < -0.39 is 11.9 Å². The van der Waals surface area contributed by atoms with E-state index >= 15 is 0 Å². The quantitative estimate of drug-likeness (QED) is 0.787. The SMILES string of the molecule is CC1CN(C)CCC1NC(=O)N1CCC[C@H](C(=O)O)C1. The van der Waals surface area contributed by atoms with Crippen LogP contribution >= 0.6 is 0 Å². The van der Waals surface area contributed by atoms with Gasteiger partial charge in [0.25, 0.3) is 0 Å². The predicted molar refractivity (Wildman–Crippen MR) is 75.5 cm³/mol. The summed E-state index contributed by atoms with van der Waals surface area (Å²) in [7, 11) is 2.09. The van der Waals surface area contributed by atoms with Crippen molar-refractivity contribution >= 4 is 12.0 Å². The van der Waals surface area contributed by atoms with Gasteiger partial charge in [0, 0.05) is 25.7 Å². The average molecular weight is 283 g/mol. The van der Waals surface area contributed by atoms with Gasteiger partial charge in [-0.05, 0) is 38.8 Å². The Bertz CT molecular complexity index is 375. The van der Waals surface area contributed by atoms with Crippen molar-refractivity contribution in [1.82, 2.24) is 15.1 Å². The molecule has 2 aliphatic rings. The number of nitrogens with zero attached hydrogens (tertiary/aromatic N) is 2. The number of carboxylic acids is 1. The molecular formula is C14H25N3O3. The summed E-state index contributed by atoms with van der Waals surface area (Å²) in [6.45, 7) is 5.13. The maximum Gasteiger partial charge on any atom is 0.317 e. The van der Waals surface area contributed by atoms with Crippen molar-refractivity contribution < 1.29 is 14.7 Å². The molecule has 2 amide bonds. The second-order valence-corrected chi connectivity index (χ2v) is 6.21. The van der Waals surface area contributed by atoms with Gasteiger partial charge in [-0.3, -0.25) is 4.79 Å². The zero-order valence-corrected chi connectivity index (χ0v) is 12.3. The van der Waals surface area contributed by atoms with Crippen LogP contribution < -0.4 is 5.32 Å². The third-order valence-electron chi connectivity index (χ3n) is 4.48. The maximum absolute atomic E-state index is 12.3. The van der Waals surface area contributed by atoms with E-state index in [0.717, 1.165) is 25.9 Å². The Morgan fingerprint density at radius 2 is 1.95 bits per heavy atom. The third-order valence-corrected chi connectivity index (χ3v) is 4.48. The first kappa shape index (κ1) is 15.1. The number of piperidine rings is 2. The van der Waals surface area contributed by atoms with Crippen molar-refractivity contribution in [2.45, 2.75) is 32.2 Å². The van der Waals surface area contributed by atoms with Crippen LogP contribution in [0.1, 0.15) is 26.2 Å². The first-order valence-electron chi connectivity index (χ1n) is 7.44. The number of rotatable bonds is 2. The molecule has 2 heterocycles. The van der Waals surface area contributed by atoms with Crippen molar-refractivity contribution in [3.8, 4) is 0 Å². The molecule has 2 N–H and O–H groups in total. The number of nitrogens with one attached hydrogen (secondary N) is 1. The lowest BCUT2D eigenvalue weighted by molar-refractivity contribution is -0.143. The van der Waals surface area contributed by atoms with Gasteiger partial charge in [-0.1, -0.05) is 6.92 Å². The molecule has 2 aliphatic heterocycles. The molecule has 2 unspecified atom stereocenters. The van der Waals surface area contributed by atoms with Crippen LogP contribution in [0.2, 0.25) is 0 Å². The van der Waals surface area contributed by atoms with Crippen LogP contribution in [0.5, 0.6) is 0 Å². The third kappa shape index (κ3) is 3.62. The molecule has 3 atom stereocenters. The fraction of sp³-hybridized carbons (Fsp3) is 0.857. The Morgan fingerprint density at radius 1 is 1.20 bits per heavy atom. The molecule has 2 saturated heterocycles. The van der Waals surface area contributed by atoms with Crippen LogP contribution in [0.25, 0.3) is 0 Å². The molecule has 0 saturated carbocycles. The predicted octanol–water partition coefficient (Wildman–Crippen LogP) is 0.833. The number of carbonyl (C=O) groups is 2. The number of hydrogen-bond acceptors (Lipinski definition) is 3. The normalized spacial score (nSPS) is 31.9. The number of carboxylic acid groups (broad SMARTS) is 1. The van der Waals surface area contributed by atoms with E-state index in [0.29, 0.717) is 25.4 Å². The molecule has 6 nitrogen and oxygen atoms in total. The van der Waals surface area contributed by atoms with E-state index in [1.165, 1.54) is 0 Å². The summed E-state index contributed by atoms with van der Waals surface area (Å²) in [6.07, 6.45) is 2.40. The molecule has 0 aromatic rings. The monoisotopic (exact) mass is 283 g/mol. The molecule has 20 heavy (non-hydrogen) atoms. The summed E-state index contributed by atoms with van der Waals surface area (Å²) in [4.78, 5) is 27.2. The van der Waals surface area contributed by atoms with Gasteiger partial charge in [-0.25, -0.2) is 4.79 Å². The van der Waals surface area contributed by atoms with Gasteiger partial charge in [-0.15, -0.1) is 0 Å². The van der Waals surface area contributed by atoms with Crippen molar-refractivity contribution in [2.75, 3.05) is 33.2 Å². The van der Waals surface area contributed by atoms with Crippen molar-refractivity contribution in [2.24, 2.45) is 11.8 Å². The van der Waals surface area contributed by atoms with Gasteiger partial charge >= 0.3 is 12.0 Å². The average Bonchev–Trinajstić information content (AvgIpc) is 2.42. The molecular weight excluding hydrogens is 258 g/mol. The van der Waals surface area contributed by atoms with Crippen molar-refractivity contribution in [3.05, 3.63) is 0 Å². The van der Waals surface area contributed by atoms with E-state index in [1.54, 1.807) is 4.90 Å². The Hall–Kier alpha value is -1.30. The highest BCUT2D eigenvalue weighted by molar-refractivity contribution is 5.76. The zero-order valence-electron chi connectivity index (χ0n) is 12.3. The Morgan fingerprint density at radius 3 is 2.60 bits per heavy atom. The summed E-state index contributed by atoms with van der Waals surface area (Å²) < 4.78 is 0. The van der Waals surface area contributed by atoms with Gasteiger partial charge in [0.2, 0.25) is 0 Å². The molecule has 0 bridgehead atoms. The highest BCUT2D eigenvalue weighted by atomic mass is 16.4. The minimum absolute atomic E-state index is 0.0997. The minimum Gasteiger partial charge on any atom is -0.481 e. The summed E-state index contributed by atoms with van der Waals surface area (Å²) >= 11 is 0. The molecule has 2 fully saturated rings. The number of aliphatic carboxylic acids is 1. The Kier molecular flexibility index (Phi) is 4.86. The number of urea groups is 1. The molecule has 0 aromatic heterocycles. The number of amides is 2. The molecule has 0 radical (unpaired) electrons. The zero-order chi connectivity index (χ0) is 14.7. The molecule has 114 valence electrons. The Labute approximate surface area is 120 Å². The molecule has 0 aliphatic carbocycles. The summed E-state index contributed by atoms with van der Waals surface area (Å²) in [6, 6.07) is 0.0984. The van der Waals surface area contributed by atoms with Crippen LogP contribution in [0, 0.1) is 11.8 Å². The van der Waals surface area contributed by atoms with Crippen LogP contribution in [0.4, 0.5) is 4.79 Å². The lowest BCUT2D eigenvalue weighted by atomic mass is 9.94. The lowest BCUT2D eigenvalue weighted by Gasteiger charge is -2.37. The van der Waals surface area contributed by atoms with Crippen LogP contribution in [0.15, 0.2) is 0 Å². The van der Waals surface area contributed by atoms with E-state index in [-0.39, 0.29) is 12.1 Å². The van der Waals surface area contributed by atoms with Gasteiger partial charge in [-0.2, -0.15) is 0 Å². The van der Waals surface area contributed by atoms with Crippen LogP contribution in [-0.2, 0) is 4.79 Å². The first-order valence-corrected chi connectivity index (χ1v) is 7.44. The minimum atomic E-state index is -0.796. The topological polar surface area (TPSA) is 72.9 Å². The van der Waals surface area contributed by atoms with E-state index in [2.05, 4.69) is 24.2 Å². The number of carbonyl (C=O) groups excluding carboxylic acids is 1. The summed E-state index contributed by atoms with van der Waals surface area (Å²) in [5, 5.41) is 12.2. The summed E-state index contributed by atoms with van der Waals surface area (Å²) in [5.74, 6) is -0.780. The maximum atomic E-state index is 12.3. The standard InChI is InChI=1S/C14H25N3O3/c1-10-8-16(2)7-5-12(10)15-14(20)17-6-3-4-11(9-17)13(18)19/h10-12H,3-9H2,1-2H3,(H,15,20)(H,18,19)/t10?,11-,12?/m0/s1. The Balaban J connectivity index is 1.86. The highest BCUT2D eigenvalue weighted by Crippen LogP contribution is 2.19. The van der Waals surface area contributed by atoms with Gasteiger partial charge in [0.15, 0.2) is 0 Å². The van der Waals surface area contributed by atoms with E-state index in [1.807, 2.05) is 0 Å². The smallest absolute Gasteiger partial charge is 0.317 e. The largest absolute Gasteiger partial charge is 0.481 e. The van der Waals surface area contributed by atoms with Gasteiger partial charge in [0.05, 0.1) is 5.92 Å². The second kappa shape index (κ2) is 6.43. The number of hydrogen-bond donors (Lipinski definition) is 2. The lowest BCUT2D eigenvalue weighted by Crippen LogP contribution is -2.54. The molecule has 0 spiro atoms. The first-order chi connectivity index (χ1) is 9.47. The van der Waals surface area contributed by atoms with E-state index in [4.69, 9.17) is 5.11 Å². The van der Waals surface area contributed by atoms with Crippen molar-refractivity contribution in [1.29, 1.82) is 0 Å². The summed E-state index contributed by atoms with van der Waals surface area (Å²) in [5.41, 5.74) is 0. The van der Waals surface area contributed by atoms with Crippen molar-refractivity contribution in [3.63, 3.8) is 0 Å². The van der Waals surface area contributed by atoms with Gasteiger partial charge < -0.3 is 20.2 Å².